The van der Waals surface area contributed by atoms with Crippen molar-refractivity contribution >= 4 is 5.97 Å². The van der Waals surface area contributed by atoms with Crippen LogP contribution in [-0.4, -0.2) is 16.7 Å². The first-order valence-electron chi connectivity index (χ1n) is 6.64. The Labute approximate surface area is 121 Å². The van der Waals surface area contributed by atoms with Crippen molar-refractivity contribution in [2.45, 2.75) is 45.4 Å². The molecule has 3 nitrogen and oxygen atoms in total. The SMILES string of the molecule is CC(C)CCC(C)(Oc1ccc(C(F)(F)F)cc1)C(=O)O. The van der Waals surface area contributed by atoms with E-state index in [9.17, 15) is 23.1 Å². The van der Waals surface area contributed by atoms with Gasteiger partial charge in [0.05, 0.1) is 5.56 Å². The van der Waals surface area contributed by atoms with Crippen molar-refractivity contribution in [3.8, 4) is 5.75 Å². The van der Waals surface area contributed by atoms with Crippen LogP contribution in [0.5, 0.6) is 5.75 Å². The van der Waals surface area contributed by atoms with Gasteiger partial charge in [-0.1, -0.05) is 13.8 Å². The van der Waals surface area contributed by atoms with Gasteiger partial charge in [-0.25, -0.2) is 4.79 Å². The van der Waals surface area contributed by atoms with Crippen molar-refractivity contribution in [1.29, 1.82) is 0 Å². The van der Waals surface area contributed by atoms with Crippen LogP contribution in [0.4, 0.5) is 13.2 Å². The summed E-state index contributed by atoms with van der Waals surface area (Å²) in [5, 5.41) is 9.29. The molecule has 0 radical (unpaired) electrons. The summed E-state index contributed by atoms with van der Waals surface area (Å²) >= 11 is 0. The highest BCUT2D eigenvalue weighted by Crippen LogP contribution is 2.31. The molecule has 0 aliphatic carbocycles. The molecule has 0 bridgehead atoms. The van der Waals surface area contributed by atoms with Gasteiger partial charge < -0.3 is 9.84 Å². The van der Waals surface area contributed by atoms with Crippen LogP contribution in [0, 0.1) is 5.92 Å². The van der Waals surface area contributed by atoms with Crippen molar-refractivity contribution < 1.29 is 27.8 Å². The summed E-state index contributed by atoms with van der Waals surface area (Å²) in [7, 11) is 0. The Balaban J connectivity index is 2.87. The van der Waals surface area contributed by atoms with Gasteiger partial charge in [0.1, 0.15) is 5.75 Å². The molecular formula is C15H19F3O3. The summed E-state index contributed by atoms with van der Waals surface area (Å²) in [5.41, 5.74) is -2.25. The fourth-order valence-corrected chi connectivity index (χ4v) is 1.74. The van der Waals surface area contributed by atoms with Crippen molar-refractivity contribution in [2.75, 3.05) is 0 Å². The third-order valence-electron chi connectivity index (χ3n) is 3.18. The number of aliphatic carboxylic acids is 1. The van der Waals surface area contributed by atoms with E-state index in [-0.39, 0.29) is 12.2 Å². The normalized spacial score (nSPS) is 14.8. The second-order valence-corrected chi connectivity index (χ2v) is 5.59. The number of ether oxygens (including phenoxy) is 1. The van der Waals surface area contributed by atoms with E-state index in [1.807, 2.05) is 13.8 Å². The Kier molecular flexibility index (Phi) is 5.25. The summed E-state index contributed by atoms with van der Waals surface area (Å²) < 4.78 is 42.8. The molecule has 0 fully saturated rings. The molecule has 0 heterocycles. The number of carboxylic acid groups (broad SMARTS) is 1. The predicted octanol–water partition coefficient (Wildman–Crippen LogP) is 4.36. The van der Waals surface area contributed by atoms with Gasteiger partial charge >= 0.3 is 12.1 Å². The van der Waals surface area contributed by atoms with Crippen LogP contribution in [0.3, 0.4) is 0 Å². The van der Waals surface area contributed by atoms with Gasteiger partial charge in [0, 0.05) is 0 Å². The summed E-state index contributed by atoms with van der Waals surface area (Å²) in [6.45, 7) is 5.34. The fraction of sp³-hybridized carbons (Fsp3) is 0.533. The molecule has 1 aromatic carbocycles. The minimum Gasteiger partial charge on any atom is -0.478 e. The van der Waals surface area contributed by atoms with Crippen molar-refractivity contribution in [1.82, 2.24) is 0 Å². The second-order valence-electron chi connectivity index (χ2n) is 5.59. The van der Waals surface area contributed by atoms with Gasteiger partial charge in [-0.2, -0.15) is 13.2 Å². The van der Waals surface area contributed by atoms with Gasteiger partial charge in [0.2, 0.25) is 5.60 Å². The molecule has 21 heavy (non-hydrogen) atoms. The average Bonchev–Trinajstić information content (AvgIpc) is 2.36. The Bertz CT molecular complexity index is 480. The Morgan fingerprint density at radius 1 is 1.24 bits per heavy atom. The maximum atomic E-state index is 12.5. The fourth-order valence-electron chi connectivity index (χ4n) is 1.74. The predicted molar refractivity (Wildman–Crippen MR) is 72.2 cm³/mol. The third-order valence-corrected chi connectivity index (χ3v) is 3.18. The monoisotopic (exact) mass is 304 g/mol. The third kappa shape index (κ3) is 4.95. The van der Waals surface area contributed by atoms with E-state index in [0.717, 1.165) is 24.3 Å². The number of rotatable bonds is 6. The number of carboxylic acids is 1. The van der Waals surface area contributed by atoms with Crippen LogP contribution < -0.4 is 4.74 Å². The molecule has 0 aromatic heterocycles. The molecule has 1 N–H and O–H groups in total. The molecule has 1 rings (SSSR count). The standard InChI is InChI=1S/C15H19F3O3/c1-10(2)8-9-14(3,13(19)20)21-12-6-4-11(5-7-12)15(16,17)18/h4-7,10H,8-9H2,1-3H3,(H,19,20). The number of alkyl halides is 3. The van der Waals surface area contributed by atoms with Crippen LogP contribution in [0.2, 0.25) is 0 Å². The highest BCUT2D eigenvalue weighted by molar-refractivity contribution is 5.77. The first kappa shape index (κ1) is 17.3. The molecule has 6 heteroatoms. The van der Waals surface area contributed by atoms with Crippen molar-refractivity contribution in [3.63, 3.8) is 0 Å². The summed E-state index contributed by atoms with van der Waals surface area (Å²) in [6.07, 6.45) is -3.50. The van der Waals surface area contributed by atoms with Crippen molar-refractivity contribution in [2.24, 2.45) is 5.92 Å². The molecule has 1 unspecified atom stereocenters. The van der Waals surface area contributed by atoms with Gasteiger partial charge in [-0.3, -0.25) is 0 Å². The molecule has 0 aliphatic heterocycles. The molecule has 0 saturated heterocycles. The Morgan fingerprint density at radius 2 is 1.76 bits per heavy atom. The minimum absolute atomic E-state index is 0.108. The lowest BCUT2D eigenvalue weighted by Crippen LogP contribution is -2.41. The molecular weight excluding hydrogens is 285 g/mol. The molecule has 1 atom stereocenters. The Morgan fingerprint density at radius 3 is 2.14 bits per heavy atom. The number of halogens is 3. The first-order valence-corrected chi connectivity index (χ1v) is 6.64. The van der Waals surface area contributed by atoms with Crippen LogP contribution in [0.1, 0.15) is 39.2 Å². The van der Waals surface area contributed by atoms with Crippen molar-refractivity contribution in [3.05, 3.63) is 29.8 Å². The van der Waals surface area contributed by atoms with E-state index >= 15 is 0 Å². The first-order chi connectivity index (χ1) is 9.54. The molecule has 0 spiro atoms. The van der Waals surface area contributed by atoms with Crippen LogP contribution in [0.25, 0.3) is 0 Å². The second kappa shape index (κ2) is 6.37. The van der Waals surface area contributed by atoms with E-state index in [0.29, 0.717) is 12.3 Å². The Hall–Kier alpha value is -1.72. The van der Waals surface area contributed by atoms with E-state index in [1.54, 1.807) is 0 Å². The molecule has 0 saturated carbocycles. The molecule has 0 aliphatic rings. The zero-order valence-electron chi connectivity index (χ0n) is 12.2. The number of hydrogen-bond donors (Lipinski definition) is 1. The van der Waals surface area contributed by atoms with Gasteiger partial charge in [-0.05, 0) is 49.9 Å². The van der Waals surface area contributed by atoms with Crippen LogP contribution in [0.15, 0.2) is 24.3 Å². The topological polar surface area (TPSA) is 46.5 Å². The zero-order chi connectivity index (χ0) is 16.3. The number of benzene rings is 1. The van der Waals surface area contributed by atoms with Crippen LogP contribution >= 0.6 is 0 Å². The number of hydrogen-bond acceptors (Lipinski definition) is 2. The zero-order valence-corrected chi connectivity index (χ0v) is 12.2. The lowest BCUT2D eigenvalue weighted by Gasteiger charge is -2.27. The highest BCUT2D eigenvalue weighted by Gasteiger charge is 2.36. The minimum atomic E-state index is -4.42. The maximum absolute atomic E-state index is 12.5. The van der Waals surface area contributed by atoms with E-state index in [4.69, 9.17) is 4.74 Å². The van der Waals surface area contributed by atoms with E-state index in [1.165, 1.54) is 6.92 Å². The summed E-state index contributed by atoms with van der Waals surface area (Å²) in [4.78, 5) is 11.4. The van der Waals surface area contributed by atoms with E-state index in [2.05, 4.69) is 0 Å². The summed E-state index contributed by atoms with van der Waals surface area (Å²) in [5.74, 6) is -0.723. The van der Waals surface area contributed by atoms with Gasteiger partial charge in [0.15, 0.2) is 0 Å². The molecule has 118 valence electrons. The lowest BCUT2D eigenvalue weighted by molar-refractivity contribution is -0.154. The van der Waals surface area contributed by atoms with Gasteiger partial charge in [0.25, 0.3) is 0 Å². The number of carbonyl (C=O) groups is 1. The molecule has 0 amide bonds. The summed E-state index contributed by atoms with van der Waals surface area (Å²) in [6, 6.07) is 4.03. The quantitative estimate of drug-likeness (QED) is 0.849. The largest absolute Gasteiger partial charge is 0.478 e. The lowest BCUT2D eigenvalue weighted by atomic mass is 9.95. The molecule has 1 aromatic rings. The van der Waals surface area contributed by atoms with Crippen LogP contribution in [-0.2, 0) is 11.0 Å². The maximum Gasteiger partial charge on any atom is 0.416 e. The van der Waals surface area contributed by atoms with Gasteiger partial charge in [-0.15, -0.1) is 0 Å². The highest BCUT2D eigenvalue weighted by atomic mass is 19.4. The average molecular weight is 304 g/mol. The smallest absolute Gasteiger partial charge is 0.416 e. The van der Waals surface area contributed by atoms with E-state index < -0.39 is 23.3 Å².